The zero-order valence-electron chi connectivity index (χ0n) is 12.1. The largest absolute Gasteiger partial charge is 0.352 e. The molecule has 1 aromatic rings. The van der Waals surface area contributed by atoms with Gasteiger partial charge in [-0.3, -0.25) is 4.79 Å². The standard InChI is InChI=1S/C17H24N2O/c20-17(19-11-13-5-2-1-3-6-13)16-8-4-7-14-12-18-10-9-15(14)16/h4,7-8,13,18H,1-3,5-6,9-12H2,(H,19,20). The number of carbonyl (C=O) groups is 1. The van der Waals surface area contributed by atoms with Crippen LogP contribution in [0.25, 0.3) is 0 Å². The van der Waals surface area contributed by atoms with E-state index in [4.69, 9.17) is 0 Å². The van der Waals surface area contributed by atoms with Gasteiger partial charge in [0.15, 0.2) is 0 Å². The third-order valence-corrected chi connectivity index (χ3v) is 4.66. The highest BCUT2D eigenvalue weighted by Gasteiger charge is 2.19. The van der Waals surface area contributed by atoms with Crippen LogP contribution >= 0.6 is 0 Å². The van der Waals surface area contributed by atoms with E-state index < -0.39 is 0 Å². The number of carbonyl (C=O) groups excluding carboxylic acids is 1. The SMILES string of the molecule is O=C(NCC1CCCCC1)c1cccc2c1CCNC2. The Hall–Kier alpha value is -1.35. The van der Waals surface area contributed by atoms with Crippen molar-refractivity contribution in [1.82, 2.24) is 10.6 Å². The van der Waals surface area contributed by atoms with Gasteiger partial charge in [-0.15, -0.1) is 0 Å². The fourth-order valence-electron chi connectivity index (χ4n) is 3.47. The Morgan fingerprint density at radius 2 is 2.10 bits per heavy atom. The minimum absolute atomic E-state index is 0.120. The van der Waals surface area contributed by atoms with E-state index in [1.54, 1.807) is 0 Å². The maximum atomic E-state index is 12.4. The van der Waals surface area contributed by atoms with Gasteiger partial charge in [0.2, 0.25) is 0 Å². The van der Waals surface area contributed by atoms with E-state index >= 15 is 0 Å². The molecule has 1 aromatic carbocycles. The van der Waals surface area contributed by atoms with Crippen molar-refractivity contribution in [3.8, 4) is 0 Å². The van der Waals surface area contributed by atoms with Crippen LogP contribution in [0.1, 0.15) is 53.6 Å². The molecule has 0 aromatic heterocycles. The molecule has 3 heteroatoms. The summed E-state index contributed by atoms with van der Waals surface area (Å²) in [4.78, 5) is 12.4. The topological polar surface area (TPSA) is 41.1 Å². The van der Waals surface area contributed by atoms with E-state index in [9.17, 15) is 4.79 Å². The number of hydrogen-bond acceptors (Lipinski definition) is 2. The minimum Gasteiger partial charge on any atom is -0.352 e. The van der Waals surface area contributed by atoms with Crippen LogP contribution in [0.3, 0.4) is 0 Å². The lowest BCUT2D eigenvalue weighted by Crippen LogP contribution is -2.32. The van der Waals surface area contributed by atoms with E-state index in [-0.39, 0.29) is 5.91 Å². The molecule has 1 aliphatic heterocycles. The Morgan fingerprint density at radius 1 is 1.25 bits per heavy atom. The van der Waals surface area contributed by atoms with E-state index in [1.807, 2.05) is 12.1 Å². The normalized spacial score (nSPS) is 19.4. The summed E-state index contributed by atoms with van der Waals surface area (Å²) in [6, 6.07) is 6.10. The summed E-state index contributed by atoms with van der Waals surface area (Å²) in [6.45, 7) is 2.71. The molecule has 1 heterocycles. The first-order valence-corrected chi connectivity index (χ1v) is 7.94. The molecule has 0 atom stereocenters. The number of nitrogens with one attached hydrogen (secondary N) is 2. The fraction of sp³-hybridized carbons (Fsp3) is 0.588. The van der Waals surface area contributed by atoms with E-state index in [2.05, 4.69) is 16.7 Å². The van der Waals surface area contributed by atoms with Crippen molar-refractivity contribution >= 4 is 5.91 Å². The monoisotopic (exact) mass is 272 g/mol. The van der Waals surface area contributed by atoms with Gasteiger partial charge < -0.3 is 10.6 Å². The van der Waals surface area contributed by atoms with Crippen molar-refractivity contribution in [1.29, 1.82) is 0 Å². The lowest BCUT2D eigenvalue weighted by atomic mass is 9.89. The summed E-state index contributed by atoms with van der Waals surface area (Å²) in [7, 11) is 0. The first-order chi connectivity index (χ1) is 9.84. The van der Waals surface area contributed by atoms with Crippen LogP contribution in [0, 0.1) is 5.92 Å². The summed E-state index contributed by atoms with van der Waals surface area (Å²) in [5, 5.41) is 6.52. The molecule has 1 saturated carbocycles. The van der Waals surface area contributed by atoms with Crippen molar-refractivity contribution in [2.24, 2.45) is 5.92 Å². The Morgan fingerprint density at radius 3 is 2.95 bits per heavy atom. The van der Waals surface area contributed by atoms with Crippen LogP contribution in [0.5, 0.6) is 0 Å². The van der Waals surface area contributed by atoms with Crippen molar-refractivity contribution in [3.63, 3.8) is 0 Å². The summed E-state index contributed by atoms with van der Waals surface area (Å²) >= 11 is 0. The quantitative estimate of drug-likeness (QED) is 0.888. The van der Waals surface area contributed by atoms with Crippen LogP contribution in [-0.2, 0) is 13.0 Å². The fourth-order valence-corrected chi connectivity index (χ4v) is 3.47. The van der Waals surface area contributed by atoms with Gasteiger partial charge in [-0.1, -0.05) is 31.4 Å². The molecule has 108 valence electrons. The molecule has 1 amide bonds. The van der Waals surface area contributed by atoms with E-state index in [1.165, 1.54) is 43.2 Å². The first-order valence-electron chi connectivity index (χ1n) is 7.94. The predicted molar refractivity (Wildman–Crippen MR) is 80.8 cm³/mol. The molecule has 0 spiro atoms. The van der Waals surface area contributed by atoms with Gasteiger partial charge in [0.1, 0.15) is 0 Å². The minimum atomic E-state index is 0.120. The third kappa shape index (κ3) is 3.04. The van der Waals surface area contributed by atoms with Crippen molar-refractivity contribution in [3.05, 3.63) is 34.9 Å². The molecule has 0 radical (unpaired) electrons. The molecular formula is C17H24N2O. The highest BCUT2D eigenvalue weighted by atomic mass is 16.1. The van der Waals surface area contributed by atoms with Gasteiger partial charge in [-0.25, -0.2) is 0 Å². The maximum absolute atomic E-state index is 12.4. The first kappa shape index (κ1) is 13.6. The zero-order chi connectivity index (χ0) is 13.8. The third-order valence-electron chi connectivity index (χ3n) is 4.66. The average Bonchev–Trinajstić information content (AvgIpc) is 2.53. The van der Waals surface area contributed by atoms with Gasteiger partial charge in [-0.2, -0.15) is 0 Å². The van der Waals surface area contributed by atoms with E-state index in [0.717, 1.165) is 31.6 Å². The zero-order valence-corrected chi connectivity index (χ0v) is 12.1. The van der Waals surface area contributed by atoms with Crippen LogP contribution in [-0.4, -0.2) is 19.0 Å². The number of hydrogen-bond donors (Lipinski definition) is 2. The smallest absolute Gasteiger partial charge is 0.251 e. The molecule has 1 aliphatic carbocycles. The van der Waals surface area contributed by atoms with Crippen molar-refractivity contribution in [2.45, 2.75) is 45.1 Å². The molecule has 1 fully saturated rings. The average molecular weight is 272 g/mol. The van der Waals surface area contributed by atoms with Gasteiger partial charge in [0.05, 0.1) is 0 Å². The Labute approximate surface area is 121 Å². The van der Waals surface area contributed by atoms with Crippen LogP contribution in [0.4, 0.5) is 0 Å². The lowest BCUT2D eigenvalue weighted by molar-refractivity contribution is 0.0942. The summed E-state index contributed by atoms with van der Waals surface area (Å²) in [5.41, 5.74) is 3.41. The van der Waals surface area contributed by atoms with Crippen LogP contribution in [0.2, 0.25) is 0 Å². The molecule has 20 heavy (non-hydrogen) atoms. The van der Waals surface area contributed by atoms with Crippen LogP contribution < -0.4 is 10.6 Å². The van der Waals surface area contributed by atoms with E-state index in [0.29, 0.717) is 5.92 Å². The highest BCUT2D eigenvalue weighted by molar-refractivity contribution is 5.96. The van der Waals surface area contributed by atoms with Gasteiger partial charge in [0.25, 0.3) is 5.91 Å². The Balaban J connectivity index is 1.64. The summed E-state index contributed by atoms with van der Waals surface area (Å²) in [6.07, 6.45) is 7.53. The van der Waals surface area contributed by atoms with Gasteiger partial charge >= 0.3 is 0 Å². The molecular weight excluding hydrogens is 248 g/mol. The van der Waals surface area contributed by atoms with Gasteiger partial charge in [0, 0.05) is 18.7 Å². The predicted octanol–water partition coefficient (Wildman–Crippen LogP) is 2.64. The van der Waals surface area contributed by atoms with Crippen molar-refractivity contribution in [2.75, 3.05) is 13.1 Å². The molecule has 0 bridgehead atoms. The maximum Gasteiger partial charge on any atom is 0.251 e. The molecule has 3 rings (SSSR count). The second-order valence-electron chi connectivity index (χ2n) is 6.08. The lowest BCUT2D eigenvalue weighted by Gasteiger charge is -2.23. The highest BCUT2D eigenvalue weighted by Crippen LogP contribution is 2.23. The number of rotatable bonds is 3. The van der Waals surface area contributed by atoms with Crippen LogP contribution in [0.15, 0.2) is 18.2 Å². The second kappa shape index (κ2) is 6.40. The Kier molecular flexibility index (Phi) is 4.36. The second-order valence-corrected chi connectivity index (χ2v) is 6.08. The summed E-state index contributed by atoms with van der Waals surface area (Å²) in [5.74, 6) is 0.809. The molecule has 3 nitrogen and oxygen atoms in total. The van der Waals surface area contributed by atoms with Crippen molar-refractivity contribution < 1.29 is 4.79 Å². The number of fused-ring (bicyclic) bond motifs is 1. The van der Waals surface area contributed by atoms with Gasteiger partial charge in [-0.05, 0) is 48.9 Å². The number of amides is 1. The molecule has 2 aliphatic rings. The number of benzene rings is 1. The Bertz CT molecular complexity index is 478. The summed E-state index contributed by atoms with van der Waals surface area (Å²) < 4.78 is 0. The molecule has 0 unspecified atom stereocenters. The molecule has 0 saturated heterocycles. The molecule has 2 N–H and O–H groups in total.